The Morgan fingerprint density at radius 3 is 2.67 bits per heavy atom. The second kappa shape index (κ2) is 5.84. The number of thiophene rings is 1. The van der Waals surface area contributed by atoms with Gasteiger partial charge in [-0.1, -0.05) is 47.7 Å². The molecular weight excluding hydrogens is 360 g/mol. The Bertz CT molecular complexity index is 1200. The Balaban J connectivity index is 2.06. The number of aryl methyl sites for hydroxylation is 1. The van der Waals surface area contributed by atoms with E-state index in [4.69, 9.17) is 0 Å². The van der Waals surface area contributed by atoms with E-state index in [0.29, 0.717) is 11.3 Å². The summed E-state index contributed by atoms with van der Waals surface area (Å²) in [6.45, 7) is 2.66. The second-order valence-corrected chi connectivity index (χ2v) is 9.02. The highest BCUT2D eigenvalue weighted by Gasteiger charge is 2.16. The molecule has 0 aliphatic heterocycles. The molecule has 2 heterocycles. The Morgan fingerprint density at radius 1 is 1.08 bits per heavy atom. The number of thiazole rings is 1. The molecule has 0 atom stereocenters. The first-order chi connectivity index (χ1) is 11.6. The molecule has 0 fully saturated rings. The molecule has 0 radical (unpaired) electrons. The zero-order valence-electron chi connectivity index (χ0n) is 12.8. The summed E-state index contributed by atoms with van der Waals surface area (Å²) < 4.78 is 32.4. The van der Waals surface area contributed by atoms with Crippen LogP contribution in [-0.4, -0.2) is 13.0 Å². The van der Waals surface area contributed by atoms with Gasteiger partial charge in [-0.15, -0.1) is 15.7 Å². The maximum Gasteiger partial charge on any atom is 0.294 e. The molecule has 4 nitrogen and oxygen atoms in total. The van der Waals surface area contributed by atoms with Crippen LogP contribution < -0.4 is 4.80 Å². The van der Waals surface area contributed by atoms with Gasteiger partial charge in [-0.25, -0.2) is 0 Å². The number of sulfonamides is 1. The van der Waals surface area contributed by atoms with E-state index < -0.39 is 10.0 Å². The van der Waals surface area contributed by atoms with Crippen molar-refractivity contribution in [1.29, 1.82) is 0 Å². The molecule has 2 aromatic carbocycles. The lowest BCUT2D eigenvalue weighted by molar-refractivity contribution is 0.597. The van der Waals surface area contributed by atoms with Crippen LogP contribution in [0, 0.1) is 0 Å². The number of fused-ring (bicyclic) bond motifs is 3. The molecule has 0 unspecified atom stereocenters. The third-order valence-electron chi connectivity index (χ3n) is 3.84. The lowest BCUT2D eigenvalue weighted by Crippen LogP contribution is -2.15. The van der Waals surface area contributed by atoms with Crippen molar-refractivity contribution < 1.29 is 8.42 Å². The first-order valence-corrected chi connectivity index (χ1v) is 10.6. The number of hydrogen-bond donors (Lipinski definition) is 0. The summed E-state index contributed by atoms with van der Waals surface area (Å²) in [5, 5.41) is 4.01. The van der Waals surface area contributed by atoms with Crippen molar-refractivity contribution in [2.24, 2.45) is 4.40 Å². The van der Waals surface area contributed by atoms with Crippen LogP contribution in [0.2, 0.25) is 0 Å². The molecule has 7 heteroatoms. The Hall–Kier alpha value is -1.96. The molecule has 4 rings (SSSR count). The fraction of sp³-hybridized carbons (Fsp3) is 0.118. The van der Waals surface area contributed by atoms with E-state index in [1.807, 2.05) is 29.7 Å². The van der Waals surface area contributed by atoms with Crippen LogP contribution in [0.4, 0.5) is 0 Å². The summed E-state index contributed by atoms with van der Waals surface area (Å²) >= 11 is 2.61. The second-order valence-electron chi connectivity index (χ2n) is 5.26. The van der Waals surface area contributed by atoms with Crippen LogP contribution in [-0.2, 0) is 16.6 Å². The number of rotatable bonds is 3. The minimum atomic E-state index is -3.67. The van der Waals surface area contributed by atoms with Crippen molar-refractivity contribution in [3.05, 3.63) is 58.7 Å². The predicted octanol–water partition coefficient (Wildman–Crippen LogP) is 4.23. The van der Waals surface area contributed by atoms with Gasteiger partial charge >= 0.3 is 0 Å². The topological polar surface area (TPSA) is 51.4 Å². The molecule has 0 N–H and O–H groups in total. The molecule has 0 bridgehead atoms. The van der Waals surface area contributed by atoms with Gasteiger partial charge in [0.25, 0.3) is 10.0 Å². The van der Waals surface area contributed by atoms with Gasteiger partial charge in [-0.05, 0) is 29.8 Å². The largest absolute Gasteiger partial charge is 0.316 e. The molecule has 2 aromatic heterocycles. The van der Waals surface area contributed by atoms with Crippen molar-refractivity contribution in [2.45, 2.75) is 17.7 Å². The molecule has 0 amide bonds. The Labute approximate surface area is 147 Å². The third kappa shape index (κ3) is 2.49. The molecule has 0 saturated heterocycles. The van der Waals surface area contributed by atoms with Crippen molar-refractivity contribution in [3.63, 3.8) is 0 Å². The lowest BCUT2D eigenvalue weighted by atomic mass is 10.1. The van der Waals surface area contributed by atoms with Gasteiger partial charge in [-0.3, -0.25) is 0 Å². The van der Waals surface area contributed by atoms with Crippen molar-refractivity contribution in [3.8, 4) is 0 Å². The SMILES string of the molecule is CCn1c(=NS(=O)(=O)c2cccs2)sc2c3ccccc3ccc21. The van der Waals surface area contributed by atoms with Crippen molar-refractivity contribution in [2.75, 3.05) is 0 Å². The van der Waals surface area contributed by atoms with E-state index in [2.05, 4.69) is 22.6 Å². The Kier molecular flexibility index (Phi) is 3.79. The molecule has 0 aliphatic rings. The molecule has 0 spiro atoms. The predicted molar refractivity (Wildman–Crippen MR) is 100 cm³/mol. The number of nitrogens with zero attached hydrogens (tertiary/aromatic N) is 2. The minimum absolute atomic E-state index is 0.271. The van der Waals surface area contributed by atoms with Crippen LogP contribution in [0.3, 0.4) is 0 Å². The van der Waals surface area contributed by atoms with Crippen LogP contribution in [0.1, 0.15) is 6.92 Å². The van der Waals surface area contributed by atoms with E-state index in [1.165, 1.54) is 22.7 Å². The zero-order valence-corrected chi connectivity index (χ0v) is 15.3. The Morgan fingerprint density at radius 2 is 1.92 bits per heavy atom. The monoisotopic (exact) mass is 374 g/mol. The first kappa shape index (κ1) is 15.6. The standard InChI is InChI=1S/C17H14N2O2S3/c1-2-19-14-10-9-12-6-3-4-7-13(12)16(14)23-17(19)18-24(20,21)15-8-5-11-22-15/h3-11H,2H2,1H3. The first-order valence-electron chi connectivity index (χ1n) is 7.46. The summed E-state index contributed by atoms with van der Waals surface area (Å²) in [7, 11) is -3.67. The van der Waals surface area contributed by atoms with Crippen molar-refractivity contribution in [1.82, 2.24) is 4.57 Å². The van der Waals surface area contributed by atoms with Crippen molar-refractivity contribution >= 4 is 53.7 Å². The van der Waals surface area contributed by atoms with Crippen LogP contribution in [0.5, 0.6) is 0 Å². The molecule has 24 heavy (non-hydrogen) atoms. The lowest BCUT2D eigenvalue weighted by Gasteiger charge is -2.02. The number of aromatic nitrogens is 1. The fourth-order valence-electron chi connectivity index (χ4n) is 2.73. The van der Waals surface area contributed by atoms with E-state index >= 15 is 0 Å². The van der Waals surface area contributed by atoms with Crippen LogP contribution in [0.25, 0.3) is 21.0 Å². The molecular formula is C17H14N2O2S3. The zero-order chi connectivity index (χ0) is 16.7. The third-order valence-corrected chi connectivity index (χ3v) is 7.72. The van der Waals surface area contributed by atoms with Gasteiger partial charge in [0.2, 0.25) is 4.80 Å². The number of hydrogen-bond acceptors (Lipinski definition) is 4. The highest BCUT2D eigenvalue weighted by molar-refractivity contribution is 7.92. The number of benzene rings is 2. The van der Waals surface area contributed by atoms with E-state index in [0.717, 1.165) is 21.0 Å². The molecule has 122 valence electrons. The highest BCUT2D eigenvalue weighted by atomic mass is 32.2. The van der Waals surface area contributed by atoms with Crippen LogP contribution in [0.15, 0.2) is 62.5 Å². The maximum absolute atomic E-state index is 12.5. The summed E-state index contributed by atoms with van der Waals surface area (Å²) in [5.41, 5.74) is 1.02. The van der Waals surface area contributed by atoms with Gasteiger partial charge < -0.3 is 4.57 Å². The average Bonchev–Trinajstić information content (AvgIpc) is 3.22. The minimum Gasteiger partial charge on any atom is -0.316 e. The summed E-state index contributed by atoms with van der Waals surface area (Å²) in [4.78, 5) is 0.511. The quantitative estimate of drug-likeness (QED) is 0.539. The van der Waals surface area contributed by atoms with Gasteiger partial charge in [0.1, 0.15) is 4.21 Å². The maximum atomic E-state index is 12.5. The van der Waals surface area contributed by atoms with Gasteiger partial charge in [0.05, 0.1) is 10.2 Å². The van der Waals surface area contributed by atoms with Gasteiger partial charge in [-0.2, -0.15) is 8.42 Å². The fourth-order valence-corrected chi connectivity index (χ4v) is 6.13. The van der Waals surface area contributed by atoms with E-state index in [9.17, 15) is 8.42 Å². The average molecular weight is 375 g/mol. The molecule has 0 aliphatic carbocycles. The van der Waals surface area contributed by atoms with E-state index in [1.54, 1.807) is 17.5 Å². The van der Waals surface area contributed by atoms with Crippen LogP contribution >= 0.6 is 22.7 Å². The normalized spacial score (nSPS) is 13.1. The van der Waals surface area contributed by atoms with Gasteiger partial charge in [0, 0.05) is 11.9 Å². The molecule has 0 saturated carbocycles. The smallest absolute Gasteiger partial charge is 0.294 e. The summed E-state index contributed by atoms with van der Waals surface area (Å²) in [6.07, 6.45) is 0. The highest BCUT2D eigenvalue weighted by Crippen LogP contribution is 2.28. The summed E-state index contributed by atoms with van der Waals surface area (Å²) in [6, 6.07) is 15.5. The molecule has 4 aromatic rings. The van der Waals surface area contributed by atoms with E-state index in [-0.39, 0.29) is 4.21 Å². The summed E-state index contributed by atoms with van der Waals surface area (Å²) in [5.74, 6) is 0. The van der Waals surface area contributed by atoms with Gasteiger partial charge in [0.15, 0.2) is 0 Å².